The minimum absolute atomic E-state index is 0.139. The Bertz CT molecular complexity index is 395. The first kappa shape index (κ1) is 14.0. The molecule has 3 nitrogen and oxygen atoms in total. The van der Waals surface area contributed by atoms with Gasteiger partial charge in [-0.15, -0.1) is 0 Å². The van der Waals surface area contributed by atoms with Gasteiger partial charge in [-0.3, -0.25) is 4.79 Å². The smallest absolute Gasteiger partial charge is 0.306 e. The van der Waals surface area contributed by atoms with Gasteiger partial charge in [-0.05, 0) is 40.9 Å². The van der Waals surface area contributed by atoms with E-state index in [1.165, 1.54) is 6.07 Å². The van der Waals surface area contributed by atoms with E-state index in [-0.39, 0.29) is 12.4 Å². The Morgan fingerprint density at radius 1 is 1.59 bits per heavy atom. The molecule has 0 fully saturated rings. The summed E-state index contributed by atoms with van der Waals surface area (Å²) in [5.74, 6) is -1.61. The Labute approximate surface area is 108 Å². The normalized spacial score (nSPS) is 12.2. The molecule has 0 radical (unpaired) electrons. The van der Waals surface area contributed by atoms with Crippen LogP contribution < -0.4 is 4.74 Å². The maximum absolute atomic E-state index is 13.5. The molecule has 1 aromatic carbocycles. The summed E-state index contributed by atoms with van der Waals surface area (Å²) in [4.78, 5) is 10.8. The van der Waals surface area contributed by atoms with Crippen LogP contribution in [-0.2, 0) is 4.79 Å². The number of halogens is 2. The number of carboxylic acids is 1. The maximum Gasteiger partial charge on any atom is 0.306 e. The average molecular weight is 305 g/mol. The van der Waals surface area contributed by atoms with Crippen LogP contribution in [-0.4, -0.2) is 17.7 Å². The molecule has 17 heavy (non-hydrogen) atoms. The molecule has 0 spiro atoms. The Balaban J connectivity index is 2.51. The highest BCUT2D eigenvalue weighted by molar-refractivity contribution is 9.10. The largest absolute Gasteiger partial charge is 0.490 e. The fourth-order valence-electron chi connectivity index (χ4n) is 1.41. The van der Waals surface area contributed by atoms with Gasteiger partial charge < -0.3 is 9.84 Å². The van der Waals surface area contributed by atoms with E-state index in [1.807, 2.05) is 0 Å². The van der Waals surface area contributed by atoms with Crippen LogP contribution in [0.25, 0.3) is 0 Å². The first-order chi connectivity index (χ1) is 8.06. The third kappa shape index (κ3) is 4.00. The Kier molecular flexibility index (Phi) is 5.41. The molecule has 1 atom stereocenters. The van der Waals surface area contributed by atoms with Gasteiger partial charge in [0.1, 0.15) is 0 Å². The standard InChI is InChI=1S/C12H14BrFO3/c1-2-8(12(15)16)6-7-17-10-5-3-4-9(13)11(10)14/h3-5,8H,2,6-7H2,1H3,(H,15,16). The second-order valence-electron chi connectivity index (χ2n) is 3.63. The Morgan fingerprint density at radius 2 is 2.29 bits per heavy atom. The van der Waals surface area contributed by atoms with Crippen LogP contribution in [0.5, 0.6) is 5.75 Å². The van der Waals surface area contributed by atoms with Crippen molar-refractivity contribution in [2.24, 2.45) is 5.92 Å². The molecule has 0 aliphatic heterocycles. The molecule has 1 unspecified atom stereocenters. The molecule has 0 aliphatic carbocycles. The van der Waals surface area contributed by atoms with Crippen molar-refractivity contribution >= 4 is 21.9 Å². The topological polar surface area (TPSA) is 46.5 Å². The first-order valence-corrected chi connectivity index (χ1v) is 6.15. The van der Waals surface area contributed by atoms with Crippen LogP contribution in [0.4, 0.5) is 4.39 Å². The van der Waals surface area contributed by atoms with Crippen molar-refractivity contribution in [3.05, 3.63) is 28.5 Å². The highest BCUT2D eigenvalue weighted by atomic mass is 79.9. The molecule has 0 aliphatic rings. The summed E-state index contributed by atoms with van der Waals surface area (Å²) in [5.41, 5.74) is 0. The van der Waals surface area contributed by atoms with Crippen molar-refractivity contribution in [3.8, 4) is 5.75 Å². The fraction of sp³-hybridized carbons (Fsp3) is 0.417. The third-order valence-electron chi connectivity index (χ3n) is 2.48. The lowest BCUT2D eigenvalue weighted by molar-refractivity contribution is -0.142. The zero-order valence-electron chi connectivity index (χ0n) is 9.45. The van der Waals surface area contributed by atoms with Gasteiger partial charge in [0.25, 0.3) is 0 Å². The molecule has 0 bridgehead atoms. The van der Waals surface area contributed by atoms with Crippen molar-refractivity contribution in [2.75, 3.05) is 6.61 Å². The summed E-state index contributed by atoms with van der Waals surface area (Å²) < 4.78 is 19.0. The minimum Gasteiger partial charge on any atom is -0.490 e. The number of ether oxygens (including phenoxy) is 1. The van der Waals surface area contributed by atoms with E-state index in [1.54, 1.807) is 19.1 Å². The Morgan fingerprint density at radius 3 is 2.88 bits per heavy atom. The number of carbonyl (C=O) groups is 1. The molecule has 94 valence electrons. The predicted molar refractivity (Wildman–Crippen MR) is 65.6 cm³/mol. The highest BCUT2D eigenvalue weighted by Crippen LogP contribution is 2.24. The first-order valence-electron chi connectivity index (χ1n) is 5.35. The zero-order valence-corrected chi connectivity index (χ0v) is 11.0. The summed E-state index contributed by atoms with van der Waals surface area (Å²) in [5, 5.41) is 8.83. The lowest BCUT2D eigenvalue weighted by Gasteiger charge is -2.11. The number of rotatable bonds is 6. The molecule has 1 aromatic rings. The van der Waals surface area contributed by atoms with Crippen molar-refractivity contribution in [2.45, 2.75) is 19.8 Å². The highest BCUT2D eigenvalue weighted by Gasteiger charge is 2.15. The summed E-state index contributed by atoms with van der Waals surface area (Å²) in [6.07, 6.45) is 0.914. The van der Waals surface area contributed by atoms with E-state index < -0.39 is 17.7 Å². The van der Waals surface area contributed by atoms with Gasteiger partial charge in [0.05, 0.1) is 17.0 Å². The molecular formula is C12H14BrFO3. The van der Waals surface area contributed by atoms with Gasteiger partial charge in [-0.1, -0.05) is 13.0 Å². The van der Waals surface area contributed by atoms with Gasteiger partial charge in [0.15, 0.2) is 11.6 Å². The van der Waals surface area contributed by atoms with Gasteiger partial charge in [0.2, 0.25) is 0 Å². The lowest BCUT2D eigenvalue weighted by atomic mass is 10.0. The van der Waals surface area contributed by atoms with Crippen LogP contribution in [0.1, 0.15) is 19.8 Å². The summed E-state index contributed by atoms with van der Waals surface area (Å²) >= 11 is 3.05. The number of carboxylic acid groups (broad SMARTS) is 1. The number of aliphatic carboxylic acids is 1. The van der Waals surface area contributed by atoms with Gasteiger partial charge in [0, 0.05) is 0 Å². The quantitative estimate of drug-likeness (QED) is 0.875. The van der Waals surface area contributed by atoms with E-state index >= 15 is 0 Å². The number of hydrogen-bond donors (Lipinski definition) is 1. The van der Waals surface area contributed by atoms with Crippen LogP contribution in [0.2, 0.25) is 0 Å². The van der Waals surface area contributed by atoms with E-state index in [0.717, 1.165) is 0 Å². The minimum atomic E-state index is -0.842. The van der Waals surface area contributed by atoms with Gasteiger partial charge >= 0.3 is 5.97 Å². The molecule has 0 saturated heterocycles. The molecule has 0 saturated carbocycles. The second-order valence-corrected chi connectivity index (χ2v) is 4.49. The molecule has 1 rings (SSSR count). The lowest BCUT2D eigenvalue weighted by Crippen LogP contribution is -2.16. The molecule has 0 aromatic heterocycles. The van der Waals surface area contributed by atoms with E-state index in [9.17, 15) is 9.18 Å². The van der Waals surface area contributed by atoms with Gasteiger partial charge in [-0.25, -0.2) is 4.39 Å². The Hall–Kier alpha value is -1.10. The second kappa shape index (κ2) is 6.59. The molecular weight excluding hydrogens is 291 g/mol. The van der Waals surface area contributed by atoms with Crippen LogP contribution >= 0.6 is 15.9 Å². The summed E-state index contributed by atoms with van der Waals surface area (Å²) in [6, 6.07) is 4.76. The van der Waals surface area contributed by atoms with Crippen molar-refractivity contribution in [1.82, 2.24) is 0 Å². The zero-order chi connectivity index (χ0) is 12.8. The van der Waals surface area contributed by atoms with Crippen LogP contribution in [0.3, 0.4) is 0 Å². The van der Waals surface area contributed by atoms with Crippen molar-refractivity contribution < 1.29 is 19.0 Å². The third-order valence-corrected chi connectivity index (χ3v) is 3.09. The molecule has 0 heterocycles. The predicted octanol–water partition coefficient (Wildman–Crippen LogP) is 3.47. The van der Waals surface area contributed by atoms with E-state index in [4.69, 9.17) is 9.84 Å². The van der Waals surface area contributed by atoms with Crippen molar-refractivity contribution in [3.63, 3.8) is 0 Å². The number of benzene rings is 1. The maximum atomic E-state index is 13.5. The molecule has 1 N–H and O–H groups in total. The SMILES string of the molecule is CCC(CCOc1cccc(Br)c1F)C(=O)O. The fourth-order valence-corrected chi connectivity index (χ4v) is 1.76. The number of hydrogen-bond acceptors (Lipinski definition) is 2. The van der Waals surface area contributed by atoms with Crippen molar-refractivity contribution in [1.29, 1.82) is 0 Å². The monoisotopic (exact) mass is 304 g/mol. The van der Waals surface area contributed by atoms with Gasteiger partial charge in [-0.2, -0.15) is 0 Å². The molecule has 0 amide bonds. The van der Waals surface area contributed by atoms with E-state index in [0.29, 0.717) is 17.3 Å². The molecule has 5 heteroatoms. The van der Waals surface area contributed by atoms with E-state index in [2.05, 4.69) is 15.9 Å². The van der Waals surface area contributed by atoms with Crippen LogP contribution in [0.15, 0.2) is 22.7 Å². The van der Waals surface area contributed by atoms with Crippen LogP contribution in [0, 0.1) is 11.7 Å². The average Bonchev–Trinajstić information content (AvgIpc) is 2.29. The summed E-state index contributed by atoms with van der Waals surface area (Å²) in [7, 11) is 0. The summed E-state index contributed by atoms with van der Waals surface area (Å²) in [6.45, 7) is 2.00.